The number of rotatable bonds is 7. The second kappa shape index (κ2) is 11.0. The molecule has 3 amide bonds. The minimum atomic E-state index is -0.878. The third-order valence-electron chi connectivity index (χ3n) is 6.09. The van der Waals surface area contributed by atoms with E-state index in [4.69, 9.17) is 0 Å². The molecule has 8 heteroatoms. The Kier molecular flexibility index (Phi) is 8.14. The number of likely N-dealkylation sites (tertiary alicyclic amines) is 1. The molecule has 2 N–H and O–H groups in total. The fourth-order valence-corrected chi connectivity index (χ4v) is 3.94. The number of halogens is 2. The number of hydrogen-bond acceptors (Lipinski definition) is 3. The zero-order chi connectivity index (χ0) is 24.0. The number of carbonyl (C=O) groups is 3. The van der Waals surface area contributed by atoms with Crippen molar-refractivity contribution in [2.75, 3.05) is 13.1 Å². The van der Waals surface area contributed by atoms with Gasteiger partial charge < -0.3 is 15.5 Å². The van der Waals surface area contributed by atoms with Crippen LogP contribution in [0.5, 0.6) is 0 Å². The van der Waals surface area contributed by atoms with Crippen molar-refractivity contribution in [3.63, 3.8) is 0 Å². The van der Waals surface area contributed by atoms with Gasteiger partial charge in [-0.1, -0.05) is 31.2 Å². The Hall–Kier alpha value is -3.29. The van der Waals surface area contributed by atoms with E-state index in [0.717, 1.165) is 6.42 Å². The molecule has 0 bridgehead atoms. The minimum Gasteiger partial charge on any atom is -0.352 e. The van der Waals surface area contributed by atoms with Gasteiger partial charge in [0.05, 0.1) is 11.1 Å². The molecule has 6 nitrogen and oxygen atoms in total. The van der Waals surface area contributed by atoms with Crippen molar-refractivity contribution in [1.82, 2.24) is 15.5 Å². The summed E-state index contributed by atoms with van der Waals surface area (Å²) >= 11 is 0. The predicted molar refractivity (Wildman–Crippen MR) is 121 cm³/mol. The lowest BCUT2D eigenvalue weighted by Gasteiger charge is -2.36. The zero-order valence-corrected chi connectivity index (χ0v) is 18.8. The van der Waals surface area contributed by atoms with Gasteiger partial charge in [0.15, 0.2) is 0 Å². The van der Waals surface area contributed by atoms with E-state index in [1.54, 1.807) is 17.0 Å². The molecule has 0 spiro atoms. The topological polar surface area (TPSA) is 78.5 Å². The highest BCUT2D eigenvalue weighted by molar-refractivity contribution is 5.98. The first kappa shape index (κ1) is 24.4. The molecular weight excluding hydrogens is 428 g/mol. The van der Waals surface area contributed by atoms with Crippen molar-refractivity contribution in [1.29, 1.82) is 0 Å². The summed E-state index contributed by atoms with van der Waals surface area (Å²) in [7, 11) is 0. The first-order chi connectivity index (χ1) is 15.8. The highest BCUT2D eigenvalue weighted by Crippen LogP contribution is 2.24. The van der Waals surface area contributed by atoms with Gasteiger partial charge in [0.1, 0.15) is 17.7 Å². The number of carbonyl (C=O) groups excluding carboxylic acids is 3. The molecule has 1 heterocycles. The fraction of sp³-hybridized carbons (Fsp3) is 0.400. The van der Waals surface area contributed by atoms with Crippen LogP contribution in [-0.2, 0) is 4.79 Å². The van der Waals surface area contributed by atoms with Crippen LogP contribution in [-0.4, -0.2) is 47.8 Å². The van der Waals surface area contributed by atoms with Crippen LogP contribution in [0.4, 0.5) is 8.78 Å². The van der Waals surface area contributed by atoms with Crippen molar-refractivity contribution in [3.8, 4) is 0 Å². The fourth-order valence-electron chi connectivity index (χ4n) is 3.94. The maximum absolute atomic E-state index is 14.1. The van der Waals surface area contributed by atoms with Gasteiger partial charge >= 0.3 is 0 Å². The molecule has 33 heavy (non-hydrogen) atoms. The quantitative estimate of drug-likeness (QED) is 0.668. The lowest BCUT2D eigenvalue weighted by atomic mass is 9.88. The average Bonchev–Trinajstić information content (AvgIpc) is 2.82. The average molecular weight is 458 g/mol. The molecule has 0 saturated carbocycles. The van der Waals surface area contributed by atoms with E-state index in [9.17, 15) is 23.2 Å². The van der Waals surface area contributed by atoms with E-state index in [1.165, 1.54) is 36.4 Å². The number of hydrogen-bond donors (Lipinski definition) is 2. The van der Waals surface area contributed by atoms with Gasteiger partial charge in [0, 0.05) is 19.1 Å². The van der Waals surface area contributed by atoms with E-state index in [0.29, 0.717) is 25.9 Å². The third-order valence-corrected chi connectivity index (χ3v) is 6.09. The molecule has 0 radical (unpaired) electrons. The Balaban J connectivity index is 1.72. The Labute approximate surface area is 192 Å². The van der Waals surface area contributed by atoms with Gasteiger partial charge in [-0.05, 0) is 56.4 Å². The van der Waals surface area contributed by atoms with Crippen molar-refractivity contribution in [2.45, 2.75) is 45.2 Å². The molecule has 1 aliphatic heterocycles. The van der Waals surface area contributed by atoms with Gasteiger partial charge in [0.25, 0.3) is 11.8 Å². The number of benzene rings is 2. The monoisotopic (exact) mass is 457 g/mol. The molecule has 1 aliphatic rings. The maximum Gasteiger partial charge on any atom is 0.256 e. The summed E-state index contributed by atoms with van der Waals surface area (Å²) in [6, 6.07) is 10.5. The Morgan fingerprint density at radius 2 is 1.48 bits per heavy atom. The summed E-state index contributed by atoms with van der Waals surface area (Å²) in [5.74, 6) is -2.90. The molecule has 2 aromatic carbocycles. The standard InChI is InChI=1S/C25H29F2N3O3/c1-3-16(2)28-24(32)22(29-23(31)18-8-4-6-10-20(18)26)17-12-14-30(15-13-17)25(33)19-9-5-7-11-21(19)27/h4-11,16-17,22H,3,12-15H2,1-2H3,(H,28,32)(H,29,31)/t16-,22-/m0/s1. The molecule has 0 unspecified atom stereocenters. The summed E-state index contributed by atoms with van der Waals surface area (Å²) < 4.78 is 28.1. The van der Waals surface area contributed by atoms with E-state index in [1.807, 2.05) is 13.8 Å². The van der Waals surface area contributed by atoms with Crippen LogP contribution in [0, 0.1) is 17.6 Å². The third kappa shape index (κ3) is 5.94. The van der Waals surface area contributed by atoms with Crippen molar-refractivity contribution in [2.24, 2.45) is 5.92 Å². The summed E-state index contributed by atoms with van der Waals surface area (Å²) in [6.07, 6.45) is 1.60. The highest BCUT2D eigenvalue weighted by atomic mass is 19.1. The van der Waals surface area contributed by atoms with Crippen LogP contribution in [0.15, 0.2) is 48.5 Å². The van der Waals surface area contributed by atoms with Crippen molar-refractivity contribution in [3.05, 3.63) is 71.3 Å². The zero-order valence-electron chi connectivity index (χ0n) is 18.8. The number of piperidine rings is 1. The van der Waals surface area contributed by atoms with E-state index in [2.05, 4.69) is 10.6 Å². The van der Waals surface area contributed by atoms with Gasteiger partial charge in [-0.2, -0.15) is 0 Å². The Morgan fingerprint density at radius 3 is 2.03 bits per heavy atom. The maximum atomic E-state index is 14.1. The summed E-state index contributed by atoms with van der Waals surface area (Å²) in [5.41, 5.74) is -0.124. The number of nitrogens with zero attached hydrogens (tertiary/aromatic N) is 1. The van der Waals surface area contributed by atoms with E-state index in [-0.39, 0.29) is 29.0 Å². The van der Waals surface area contributed by atoms with Crippen molar-refractivity contribution < 1.29 is 23.2 Å². The predicted octanol–water partition coefficient (Wildman–Crippen LogP) is 3.53. The summed E-state index contributed by atoms with van der Waals surface area (Å²) in [6.45, 7) is 4.44. The normalized spacial score (nSPS) is 16.1. The molecule has 3 rings (SSSR count). The van der Waals surface area contributed by atoms with Gasteiger partial charge in [-0.3, -0.25) is 14.4 Å². The second-order valence-corrected chi connectivity index (χ2v) is 8.36. The highest BCUT2D eigenvalue weighted by Gasteiger charge is 2.35. The molecule has 1 saturated heterocycles. The first-order valence-corrected chi connectivity index (χ1v) is 11.2. The van der Waals surface area contributed by atoms with Gasteiger partial charge in [-0.15, -0.1) is 0 Å². The Morgan fingerprint density at radius 1 is 0.939 bits per heavy atom. The summed E-state index contributed by atoms with van der Waals surface area (Å²) in [4.78, 5) is 40.0. The number of nitrogens with one attached hydrogen (secondary N) is 2. The second-order valence-electron chi connectivity index (χ2n) is 8.36. The lowest BCUT2D eigenvalue weighted by Crippen LogP contribution is -2.55. The van der Waals surface area contributed by atoms with Crippen molar-refractivity contribution >= 4 is 17.7 Å². The van der Waals surface area contributed by atoms with Crippen LogP contribution in [0.25, 0.3) is 0 Å². The molecule has 0 aromatic heterocycles. The minimum absolute atomic E-state index is 0.00914. The van der Waals surface area contributed by atoms with E-state index < -0.39 is 29.5 Å². The molecule has 0 aliphatic carbocycles. The largest absolute Gasteiger partial charge is 0.352 e. The van der Waals surface area contributed by atoms with Crippen LogP contribution in [0.2, 0.25) is 0 Å². The smallest absolute Gasteiger partial charge is 0.256 e. The molecule has 1 fully saturated rings. The van der Waals surface area contributed by atoms with Crippen LogP contribution in [0.3, 0.4) is 0 Å². The van der Waals surface area contributed by atoms with Crippen LogP contribution in [0.1, 0.15) is 53.8 Å². The number of amides is 3. The molecule has 176 valence electrons. The Bertz CT molecular complexity index is 1010. The molecule has 2 aromatic rings. The van der Waals surface area contributed by atoms with E-state index >= 15 is 0 Å². The molecular formula is C25H29F2N3O3. The molecule has 2 atom stereocenters. The van der Waals surface area contributed by atoms with Crippen LogP contribution < -0.4 is 10.6 Å². The first-order valence-electron chi connectivity index (χ1n) is 11.2. The lowest BCUT2D eigenvalue weighted by molar-refractivity contribution is -0.125. The van der Waals surface area contributed by atoms with Gasteiger partial charge in [0.2, 0.25) is 5.91 Å². The summed E-state index contributed by atoms with van der Waals surface area (Å²) in [5, 5.41) is 5.59. The van der Waals surface area contributed by atoms with Crippen LogP contribution >= 0.6 is 0 Å². The SMILES string of the molecule is CC[C@H](C)NC(=O)[C@@H](NC(=O)c1ccccc1F)C1CCN(C(=O)c2ccccc2F)CC1. The van der Waals surface area contributed by atoms with Gasteiger partial charge in [-0.25, -0.2) is 8.78 Å².